The molecule has 0 unspecified atom stereocenters. The van der Waals surface area contributed by atoms with E-state index in [2.05, 4.69) is 5.32 Å². The third-order valence-electron chi connectivity index (χ3n) is 2.11. The van der Waals surface area contributed by atoms with Crippen molar-refractivity contribution in [2.75, 3.05) is 19.7 Å². The van der Waals surface area contributed by atoms with Gasteiger partial charge in [0.15, 0.2) is 0 Å². The number of nitrogens with zero attached hydrogens (tertiary/aromatic N) is 1. The summed E-state index contributed by atoms with van der Waals surface area (Å²) < 4.78 is 0. The van der Waals surface area contributed by atoms with Crippen LogP contribution in [0.25, 0.3) is 0 Å². The first-order chi connectivity index (χ1) is 6.13. The zero-order chi connectivity index (χ0) is 9.84. The minimum absolute atomic E-state index is 0.0516. The smallest absolute Gasteiger partial charge is 0.222 e. The zero-order valence-electron chi connectivity index (χ0n) is 8.54. The molecule has 0 aromatic heterocycles. The van der Waals surface area contributed by atoms with E-state index in [9.17, 15) is 4.79 Å². The van der Waals surface area contributed by atoms with Gasteiger partial charge in [0.2, 0.25) is 5.91 Å². The molecule has 1 fully saturated rings. The summed E-state index contributed by atoms with van der Waals surface area (Å²) in [6, 6.07) is 0.162. The lowest BCUT2D eigenvalue weighted by Crippen LogP contribution is -2.40. The van der Waals surface area contributed by atoms with Crippen molar-refractivity contribution in [3.05, 3.63) is 0 Å². The highest BCUT2D eigenvalue weighted by molar-refractivity contribution is 5.78. The lowest BCUT2D eigenvalue weighted by molar-refractivity contribution is -0.124. The van der Waals surface area contributed by atoms with Crippen molar-refractivity contribution in [2.45, 2.75) is 26.8 Å². The van der Waals surface area contributed by atoms with E-state index in [0.29, 0.717) is 6.61 Å². The molecule has 1 saturated heterocycles. The normalized spacial score (nSPS) is 23.8. The highest BCUT2D eigenvalue weighted by atomic mass is 16.7. The van der Waals surface area contributed by atoms with Gasteiger partial charge in [-0.1, -0.05) is 20.8 Å². The van der Waals surface area contributed by atoms with E-state index in [1.165, 1.54) is 0 Å². The Labute approximate surface area is 79.2 Å². The van der Waals surface area contributed by atoms with Crippen LogP contribution in [0.2, 0.25) is 0 Å². The van der Waals surface area contributed by atoms with Gasteiger partial charge in [-0.15, -0.1) is 0 Å². The highest BCUT2D eigenvalue weighted by Gasteiger charge is 2.24. The first-order valence-electron chi connectivity index (χ1n) is 4.81. The van der Waals surface area contributed by atoms with Crippen molar-refractivity contribution in [3.8, 4) is 0 Å². The number of hydrogen-bond donors (Lipinski definition) is 1. The van der Waals surface area contributed by atoms with Crippen molar-refractivity contribution in [1.82, 2.24) is 10.4 Å². The van der Waals surface area contributed by atoms with Gasteiger partial charge in [0.1, 0.15) is 0 Å². The number of hydrogen-bond acceptors (Lipinski definition) is 3. The largest absolute Gasteiger partial charge is 0.349 e. The van der Waals surface area contributed by atoms with Gasteiger partial charge in [-0.2, -0.15) is 5.06 Å². The van der Waals surface area contributed by atoms with Crippen LogP contribution in [-0.2, 0) is 9.63 Å². The Morgan fingerprint density at radius 2 is 2.38 bits per heavy atom. The average Bonchev–Trinajstić information content (AvgIpc) is 2.52. The summed E-state index contributed by atoms with van der Waals surface area (Å²) in [5.74, 6) is 0.155. The quantitative estimate of drug-likeness (QED) is 0.693. The van der Waals surface area contributed by atoms with E-state index in [1.54, 1.807) is 0 Å². The van der Waals surface area contributed by atoms with E-state index >= 15 is 0 Å². The summed E-state index contributed by atoms with van der Waals surface area (Å²) >= 11 is 0. The number of rotatable bonds is 3. The van der Waals surface area contributed by atoms with Gasteiger partial charge in [-0.25, -0.2) is 0 Å². The average molecular weight is 186 g/mol. The molecule has 1 rings (SSSR count). The van der Waals surface area contributed by atoms with Crippen LogP contribution in [-0.4, -0.2) is 36.7 Å². The van der Waals surface area contributed by atoms with Gasteiger partial charge in [0.05, 0.1) is 12.6 Å². The summed E-state index contributed by atoms with van der Waals surface area (Å²) in [4.78, 5) is 16.6. The SMILES string of the molecule is CCN1C[C@@H](NC(=O)C(C)C)CO1. The van der Waals surface area contributed by atoms with Crippen molar-refractivity contribution >= 4 is 5.91 Å². The Bertz CT molecular complexity index is 182. The number of likely N-dealkylation sites (N-methyl/N-ethyl adjacent to an activating group) is 1. The Morgan fingerprint density at radius 3 is 2.85 bits per heavy atom. The molecule has 4 heteroatoms. The highest BCUT2D eigenvalue weighted by Crippen LogP contribution is 2.05. The molecule has 0 bridgehead atoms. The summed E-state index contributed by atoms with van der Waals surface area (Å²) in [5.41, 5.74) is 0. The molecular formula is C9H18N2O2. The molecule has 13 heavy (non-hydrogen) atoms. The van der Waals surface area contributed by atoms with Crippen molar-refractivity contribution in [1.29, 1.82) is 0 Å². The van der Waals surface area contributed by atoms with Crippen LogP contribution in [0.1, 0.15) is 20.8 Å². The van der Waals surface area contributed by atoms with Crippen LogP contribution in [0, 0.1) is 5.92 Å². The number of nitrogens with one attached hydrogen (secondary N) is 1. The third kappa shape index (κ3) is 2.97. The van der Waals surface area contributed by atoms with Gasteiger partial charge in [0.25, 0.3) is 0 Å². The minimum Gasteiger partial charge on any atom is -0.349 e. The van der Waals surface area contributed by atoms with Crippen LogP contribution in [0.5, 0.6) is 0 Å². The molecule has 0 spiro atoms. The lowest BCUT2D eigenvalue weighted by Gasteiger charge is -2.13. The maximum absolute atomic E-state index is 11.3. The monoisotopic (exact) mass is 186 g/mol. The lowest BCUT2D eigenvalue weighted by atomic mass is 10.2. The van der Waals surface area contributed by atoms with E-state index in [4.69, 9.17) is 4.84 Å². The van der Waals surface area contributed by atoms with E-state index in [0.717, 1.165) is 13.1 Å². The molecule has 0 radical (unpaired) electrons. The Hall–Kier alpha value is -0.610. The fraction of sp³-hybridized carbons (Fsp3) is 0.889. The van der Waals surface area contributed by atoms with Crippen molar-refractivity contribution in [3.63, 3.8) is 0 Å². The summed E-state index contributed by atoms with van der Waals surface area (Å²) in [7, 11) is 0. The van der Waals surface area contributed by atoms with Crippen molar-refractivity contribution < 1.29 is 9.63 Å². The van der Waals surface area contributed by atoms with Crippen molar-refractivity contribution in [2.24, 2.45) is 5.92 Å². The second kappa shape index (κ2) is 4.58. The van der Waals surface area contributed by atoms with E-state index in [1.807, 2.05) is 25.8 Å². The molecule has 1 aliphatic heterocycles. The third-order valence-corrected chi connectivity index (χ3v) is 2.11. The maximum atomic E-state index is 11.3. The van der Waals surface area contributed by atoms with Crippen LogP contribution in [0.15, 0.2) is 0 Å². The van der Waals surface area contributed by atoms with Crippen LogP contribution in [0.4, 0.5) is 0 Å². The summed E-state index contributed by atoms with van der Waals surface area (Å²) in [6.45, 7) is 8.09. The van der Waals surface area contributed by atoms with Crippen LogP contribution >= 0.6 is 0 Å². The molecule has 1 heterocycles. The molecule has 1 amide bonds. The number of amides is 1. The molecule has 0 aliphatic carbocycles. The molecule has 0 saturated carbocycles. The fourth-order valence-electron chi connectivity index (χ4n) is 1.22. The molecule has 0 aromatic rings. The van der Waals surface area contributed by atoms with Gasteiger partial charge < -0.3 is 5.32 Å². The van der Waals surface area contributed by atoms with E-state index in [-0.39, 0.29) is 17.9 Å². The van der Waals surface area contributed by atoms with E-state index < -0.39 is 0 Å². The second-order valence-corrected chi connectivity index (χ2v) is 3.64. The molecule has 1 atom stereocenters. The Kier molecular flexibility index (Phi) is 3.69. The summed E-state index contributed by atoms with van der Waals surface area (Å²) in [6.07, 6.45) is 0. The number of carbonyl (C=O) groups is 1. The van der Waals surface area contributed by atoms with Gasteiger partial charge in [0, 0.05) is 19.0 Å². The Balaban J connectivity index is 2.28. The predicted molar refractivity (Wildman–Crippen MR) is 50.0 cm³/mol. The fourth-order valence-corrected chi connectivity index (χ4v) is 1.22. The first-order valence-corrected chi connectivity index (χ1v) is 4.81. The number of carbonyl (C=O) groups excluding carboxylic acids is 1. The molecule has 1 N–H and O–H groups in total. The molecule has 0 aromatic carbocycles. The summed E-state index contributed by atoms with van der Waals surface area (Å²) in [5, 5.41) is 4.80. The predicted octanol–water partition coefficient (Wildman–Crippen LogP) is 0.394. The Morgan fingerprint density at radius 1 is 1.69 bits per heavy atom. The molecule has 4 nitrogen and oxygen atoms in total. The minimum atomic E-state index is 0.0516. The topological polar surface area (TPSA) is 41.6 Å². The van der Waals surface area contributed by atoms with Crippen LogP contribution < -0.4 is 5.32 Å². The standard InChI is InChI=1S/C9H18N2O2/c1-4-11-5-8(6-13-11)10-9(12)7(2)3/h7-8H,4-6H2,1-3H3,(H,10,12)/t8-/m1/s1. The first kappa shape index (κ1) is 10.5. The maximum Gasteiger partial charge on any atom is 0.222 e. The van der Waals surface area contributed by atoms with Gasteiger partial charge in [-0.05, 0) is 0 Å². The molecule has 76 valence electrons. The zero-order valence-corrected chi connectivity index (χ0v) is 8.54. The molecule has 1 aliphatic rings. The molecular weight excluding hydrogens is 168 g/mol. The second-order valence-electron chi connectivity index (χ2n) is 3.64. The number of hydroxylamine groups is 2. The van der Waals surface area contributed by atoms with Gasteiger partial charge in [-0.3, -0.25) is 9.63 Å². The van der Waals surface area contributed by atoms with Gasteiger partial charge >= 0.3 is 0 Å². The van der Waals surface area contributed by atoms with Crippen LogP contribution in [0.3, 0.4) is 0 Å².